The van der Waals surface area contributed by atoms with Crippen molar-refractivity contribution in [3.63, 3.8) is 0 Å². The number of piperidine rings is 1. The molecule has 1 N–H and O–H groups in total. The molecular formula is C22H32N4O3. The molecule has 158 valence electrons. The van der Waals surface area contributed by atoms with Crippen molar-refractivity contribution in [3.05, 3.63) is 29.7 Å². The van der Waals surface area contributed by atoms with Gasteiger partial charge in [-0.15, -0.1) is 0 Å². The van der Waals surface area contributed by atoms with Gasteiger partial charge >= 0.3 is 0 Å². The third-order valence-electron chi connectivity index (χ3n) is 6.37. The molecule has 2 aliphatic heterocycles. The molecule has 3 heterocycles. The van der Waals surface area contributed by atoms with Gasteiger partial charge in [0.15, 0.2) is 5.58 Å². The summed E-state index contributed by atoms with van der Waals surface area (Å²) >= 11 is 0. The average molecular weight is 401 g/mol. The number of likely N-dealkylation sites (N-methyl/N-ethyl adjacent to an activating group) is 1. The van der Waals surface area contributed by atoms with Crippen LogP contribution in [0.2, 0.25) is 0 Å². The third-order valence-corrected chi connectivity index (χ3v) is 6.37. The maximum absolute atomic E-state index is 12.9. The molecule has 1 aromatic heterocycles. The first kappa shape index (κ1) is 20.3. The number of rotatable bonds is 6. The zero-order valence-electron chi connectivity index (χ0n) is 17.5. The zero-order chi connectivity index (χ0) is 20.2. The smallest absolute Gasteiger partial charge is 0.253 e. The summed E-state index contributed by atoms with van der Waals surface area (Å²) in [6.07, 6.45) is 4.77. The van der Waals surface area contributed by atoms with Crippen LogP contribution >= 0.6 is 0 Å². The number of ether oxygens (including phenoxy) is 1. The fourth-order valence-electron chi connectivity index (χ4n) is 4.53. The van der Waals surface area contributed by atoms with Crippen LogP contribution in [0.25, 0.3) is 11.1 Å². The number of aromatic nitrogens is 1. The molecule has 2 fully saturated rings. The number of nitrogens with one attached hydrogen (secondary N) is 1. The van der Waals surface area contributed by atoms with Crippen LogP contribution in [-0.2, 0) is 11.3 Å². The van der Waals surface area contributed by atoms with Crippen molar-refractivity contribution < 1.29 is 13.9 Å². The first-order chi connectivity index (χ1) is 14.2. The summed E-state index contributed by atoms with van der Waals surface area (Å²) in [5, 5.41) is 3.14. The van der Waals surface area contributed by atoms with Gasteiger partial charge in [-0.25, -0.2) is 4.98 Å². The monoisotopic (exact) mass is 400 g/mol. The average Bonchev–Trinajstić information content (AvgIpc) is 3.16. The third kappa shape index (κ3) is 4.63. The van der Waals surface area contributed by atoms with E-state index in [1.54, 1.807) is 0 Å². The summed E-state index contributed by atoms with van der Waals surface area (Å²) in [5.74, 6) is 0.578. The molecule has 0 aliphatic carbocycles. The van der Waals surface area contributed by atoms with Gasteiger partial charge in [-0.2, -0.15) is 0 Å². The largest absolute Gasteiger partial charge is 0.439 e. The molecule has 0 radical (unpaired) electrons. The lowest BCUT2D eigenvalue weighted by Gasteiger charge is -2.39. The van der Waals surface area contributed by atoms with E-state index in [1.807, 2.05) is 18.2 Å². The maximum atomic E-state index is 12.9. The van der Waals surface area contributed by atoms with Gasteiger partial charge in [-0.1, -0.05) is 19.4 Å². The second kappa shape index (κ2) is 9.24. The SMILES string of the molecule is CCC1CCCC(CNC(=O)c2cccc3oc(CN4CCOCC4)nc23)N1C. The Balaban J connectivity index is 1.43. The fourth-order valence-corrected chi connectivity index (χ4v) is 4.53. The lowest BCUT2D eigenvalue weighted by Crippen LogP contribution is -2.49. The molecule has 7 heteroatoms. The Bertz CT molecular complexity index is 831. The van der Waals surface area contributed by atoms with Crippen LogP contribution in [0.5, 0.6) is 0 Å². The highest BCUT2D eigenvalue weighted by Gasteiger charge is 2.27. The van der Waals surface area contributed by atoms with Crippen molar-refractivity contribution in [2.75, 3.05) is 39.9 Å². The van der Waals surface area contributed by atoms with Crippen molar-refractivity contribution in [3.8, 4) is 0 Å². The molecule has 0 saturated carbocycles. The molecule has 0 bridgehead atoms. The molecule has 2 aliphatic rings. The van der Waals surface area contributed by atoms with E-state index < -0.39 is 0 Å². The summed E-state index contributed by atoms with van der Waals surface area (Å²) < 4.78 is 11.3. The first-order valence-electron chi connectivity index (χ1n) is 10.8. The number of hydrogen-bond acceptors (Lipinski definition) is 6. The zero-order valence-corrected chi connectivity index (χ0v) is 17.5. The van der Waals surface area contributed by atoms with Gasteiger partial charge in [0.2, 0.25) is 5.89 Å². The van der Waals surface area contributed by atoms with E-state index in [1.165, 1.54) is 12.8 Å². The van der Waals surface area contributed by atoms with Gasteiger partial charge in [-0.3, -0.25) is 14.6 Å². The molecule has 2 aromatic rings. The molecule has 1 aromatic carbocycles. The lowest BCUT2D eigenvalue weighted by atomic mass is 9.94. The van der Waals surface area contributed by atoms with E-state index in [9.17, 15) is 4.79 Å². The Hall–Kier alpha value is -1.96. The van der Waals surface area contributed by atoms with Gasteiger partial charge in [-0.05, 0) is 38.4 Å². The van der Waals surface area contributed by atoms with Crippen LogP contribution in [0.3, 0.4) is 0 Å². The number of amides is 1. The number of carbonyl (C=O) groups excluding carboxylic acids is 1. The van der Waals surface area contributed by atoms with E-state index in [4.69, 9.17) is 9.15 Å². The van der Waals surface area contributed by atoms with E-state index >= 15 is 0 Å². The number of para-hydroxylation sites is 1. The molecule has 2 saturated heterocycles. The molecule has 4 rings (SSSR count). The number of nitrogens with zero attached hydrogens (tertiary/aromatic N) is 3. The number of likely N-dealkylation sites (tertiary alicyclic amines) is 1. The van der Waals surface area contributed by atoms with Crippen LogP contribution in [0.4, 0.5) is 0 Å². The summed E-state index contributed by atoms with van der Waals surface area (Å²) in [5.41, 5.74) is 1.91. The summed E-state index contributed by atoms with van der Waals surface area (Å²) in [6, 6.07) is 6.58. The number of hydrogen-bond donors (Lipinski definition) is 1. The lowest BCUT2D eigenvalue weighted by molar-refractivity contribution is 0.0308. The minimum atomic E-state index is -0.0751. The predicted octanol–water partition coefficient (Wildman–Crippen LogP) is 2.65. The Labute approximate surface area is 172 Å². The van der Waals surface area contributed by atoms with Gasteiger partial charge in [0.05, 0.1) is 25.3 Å². The van der Waals surface area contributed by atoms with Gasteiger partial charge in [0.1, 0.15) is 5.52 Å². The second-order valence-electron chi connectivity index (χ2n) is 8.17. The van der Waals surface area contributed by atoms with E-state index in [0.29, 0.717) is 47.7 Å². The van der Waals surface area contributed by atoms with Gasteiger partial charge < -0.3 is 14.5 Å². The second-order valence-corrected chi connectivity index (χ2v) is 8.17. The summed E-state index contributed by atoms with van der Waals surface area (Å²) in [6.45, 7) is 6.78. The first-order valence-corrected chi connectivity index (χ1v) is 10.8. The van der Waals surface area contributed by atoms with Crippen LogP contribution in [0, 0.1) is 0 Å². The molecule has 7 nitrogen and oxygen atoms in total. The van der Waals surface area contributed by atoms with Gasteiger partial charge in [0.25, 0.3) is 5.91 Å². The highest BCUT2D eigenvalue weighted by Crippen LogP contribution is 2.24. The minimum absolute atomic E-state index is 0.0751. The van der Waals surface area contributed by atoms with E-state index in [-0.39, 0.29) is 5.91 Å². The number of benzene rings is 1. The number of oxazole rings is 1. The van der Waals surface area contributed by atoms with Crippen LogP contribution in [-0.4, -0.2) is 72.7 Å². The molecule has 0 spiro atoms. The number of morpholine rings is 1. The van der Waals surface area contributed by atoms with Crippen LogP contribution < -0.4 is 5.32 Å². The maximum Gasteiger partial charge on any atom is 0.253 e. The van der Waals surface area contributed by atoms with Crippen molar-refractivity contribution in [2.45, 2.75) is 51.2 Å². The number of fused-ring (bicyclic) bond motifs is 1. The Morgan fingerprint density at radius 1 is 1.24 bits per heavy atom. The predicted molar refractivity (Wildman–Crippen MR) is 112 cm³/mol. The fraction of sp³-hybridized carbons (Fsp3) is 0.636. The highest BCUT2D eigenvalue weighted by atomic mass is 16.5. The standard InChI is InChI=1S/C22H32N4O3/c1-3-16-6-4-7-17(25(16)2)14-23-22(27)18-8-5-9-19-21(18)24-20(29-19)15-26-10-12-28-13-11-26/h5,8-9,16-17H,3-4,6-7,10-15H2,1-2H3,(H,23,27). The van der Waals surface area contributed by atoms with Crippen molar-refractivity contribution in [1.29, 1.82) is 0 Å². The topological polar surface area (TPSA) is 70.8 Å². The van der Waals surface area contributed by atoms with Gasteiger partial charge in [0, 0.05) is 31.7 Å². The van der Waals surface area contributed by atoms with Crippen molar-refractivity contribution in [1.82, 2.24) is 20.1 Å². The minimum Gasteiger partial charge on any atom is -0.439 e. The Morgan fingerprint density at radius 2 is 2.03 bits per heavy atom. The van der Waals surface area contributed by atoms with Crippen LogP contribution in [0.15, 0.2) is 22.6 Å². The van der Waals surface area contributed by atoms with Crippen molar-refractivity contribution in [2.24, 2.45) is 0 Å². The molecule has 2 unspecified atom stereocenters. The normalized spacial score (nSPS) is 24.1. The van der Waals surface area contributed by atoms with Crippen LogP contribution in [0.1, 0.15) is 48.9 Å². The molecular weight excluding hydrogens is 368 g/mol. The van der Waals surface area contributed by atoms with E-state index in [0.717, 1.165) is 39.1 Å². The number of carbonyl (C=O) groups is 1. The highest BCUT2D eigenvalue weighted by molar-refractivity contribution is 6.04. The van der Waals surface area contributed by atoms with Crippen molar-refractivity contribution >= 4 is 17.0 Å². The molecule has 1 amide bonds. The summed E-state index contributed by atoms with van der Waals surface area (Å²) in [4.78, 5) is 22.3. The Morgan fingerprint density at radius 3 is 2.83 bits per heavy atom. The summed E-state index contributed by atoms with van der Waals surface area (Å²) in [7, 11) is 2.18. The molecule has 2 atom stereocenters. The Kier molecular flexibility index (Phi) is 6.47. The quantitative estimate of drug-likeness (QED) is 0.804. The molecule has 29 heavy (non-hydrogen) atoms. The van der Waals surface area contributed by atoms with E-state index in [2.05, 4.69) is 34.1 Å².